The Labute approximate surface area is 182 Å². The molecular weight excluding hydrogens is 420 g/mol. The van der Waals surface area contributed by atoms with Gasteiger partial charge in [0, 0.05) is 44.4 Å². The van der Waals surface area contributed by atoms with Crippen molar-refractivity contribution in [1.82, 2.24) is 20.1 Å². The van der Waals surface area contributed by atoms with Crippen molar-refractivity contribution in [2.45, 2.75) is 18.8 Å². The lowest BCUT2D eigenvalue weighted by atomic mass is 10.2. The zero-order chi connectivity index (χ0) is 22.1. The van der Waals surface area contributed by atoms with Crippen LogP contribution >= 0.6 is 0 Å². The number of hydrogen-bond donors (Lipinski definition) is 0. The lowest BCUT2D eigenvalue weighted by Crippen LogP contribution is -2.50. The van der Waals surface area contributed by atoms with Crippen LogP contribution in [0, 0.1) is 11.6 Å². The number of hydrogen-bond acceptors (Lipinski definition) is 7. The molecule has 0 bridgehead atoms. The first-order valence-electron chi connectivity index (χ1n) is 10.5. The van der Waals surface area contributed by atoms with Crippen molar-refractivity contribution in [1.29, 1.82) is 0 Å². The van der Waals surface area contributed by atoms with Gasteiger partial charge in [0.1, 0.15) is 11.6 Å². The molecule has 1 aliphatic carbocycles. The quantitative estimate of drug-likeness (QED) is 0.581. The summed E-state index contributed by atoms with van der Waals surface area (Å²) < 4.78 is 37.5. The van der Waals surface area contributed by atoms with Gasteiger partial charge in [0.15, 0.2) is 18.2 Å². The second-order valence-corrected chi connectivity index (χ2v) is 7.83. The van der Waals surface area contributed by atoms with Crippen molar-refractivity contribution in [2.24, 2.45) is 0 Å². The Balaban J connectivity index is 1.20. The Bertz CT molecular complexity index is 1130. The monoisotopic (exact) mass is 441 g/mol. The van der Waals surface area contributed by atoms with E-state index in [0.717, 1.165) is 36.4 Å². The summed E-state index contributed by atoms with van der Waals surface area (Å²) in [5.74, 6) is 0.154. The molecule has 5 rings (SSSR count). The number of aromatic nitrogens is 3. The van der Waals surface area contributed by atoms with Gasteiger partial charge in [-0.05, 0) is 37.1 Å². The molecule has 2 aromatic heterocycles. The number of piperazine rings is 1. The van der Waals surface area contributed by atoms with Crippen LogP contribution < -0.4 is 9.64 Å². The highest BCUT2D eigenvalue weighted by Gasteiger charge is 2.31. The second kappa shape index (κ2) is 8.52. The van der Waals surface area contributed by atoms with Gasteiger partial charge in [-0.2, -0.15) is 0 Å². The third-order valence-electron chi connectivity index (χ3n) is 5.57. The number of amides is 1. The van der Waals surface area contributed by atoms with Gasteiger partial charge in [0.2, 0.25) is 5.89 Å². The Morgan fingerprint density at radius 1 is 1.09 bits per heavy atom. The maximum absolute atomic E-state index is 13.3. The summed E-state index contributed by atoms with van der Waals surface area (Å²) in [4.78, 5) is 20.8. The Kier molecular flexibility index (Phi) is 5.42. The largest absolute Gasteiger partial charge is 0.484 e. The molecule has 1 saturated heterocycles. The van der Waals surface area contributed by atoms with Crippen LogP contribution in [0.25, 0.3) is 11.5 Å². The van der Waals surface area contributed by atoms with Crippen LogP contribution in [0.4, 0.5) is 14.6 Å². The Hall–Kier alpha value is -3.56. The summed E-state index contributed by atoms with van der Waals surface area (Å²) >= 11 is 0. The summed E-state index contributed by atoms with van der Waals surface area (Å²) in [5.41, 5.74) is 0.772. The highest BCUT2D eigenvalue weighted by Crippen LogP contribution is 2.40. The molecule has 2 fully saturated rings. The summed E-state index contributed by atoms with van der Waals surface area (Å²) in [7, 11) is 0. The van der Waals surface area contributed by atoms with Gasteiger partial charge in [-0.15, -0.1) is 10.2 Å². The molecule has 166 valence electrons. The SMILES string of the molecule is O=C(COc1ccc(F)c(F)c1)N1CCN(c2ncccc2-c2nnc(C3CC3)o2)CC1. The molecule has 0 N–H and O–H groups in total. The number of nitrogens with zero attached hydrogens (tertiary/aromatic N) is 5. The number of ether oxygens (including phenoxy) is 1. The normalized spacial score (nSPS) is 16.3. The van der Waals surface area contributed by atoms with E-state index in [-0.39, 0.29) is 18.3 Å². The lowest BCUT2D eigenvalue weighted by molar-refractivity contribution is -0.133. The first-order chi connectivity index (χ1) is 15.6. The van der Waals surface area contributed by atoms with Crippen LogP contribution in [0.1, 0.15) is 24.7 Å². The molecule has 0 spiro atoms. The minimum absolute atomic E-state index is 0.110. The van der Waals surface area contributed by atoms with E-state index >= 15 is 0 Å². The van der Waals surface area contributed by atoms with E-state index < -0.39 is 11.6 Å². The third kappa shape index (κ3) is 4.25. The molecule has 1 aromatic carbocycles. The van der Waals surface area contributed by atoms with Gasteiger partial charge < -0.3 is 19.0 Å². The molecule has 0 unspecified atom stereocenters. The summed E-state index contributed by atoms with van der Waals surface area (Å²) in [6, 6.07) is 6.91. The summed E-state index contributed by atoms with van der Waals surface area (Å²) in [6.45, 7) is 1.86. The molecule has 2 aliphatic rings. The summed E-state index contributed by atoms with van der Waals surface area (Å²) in [6.07, 6.45) is 3.87. The minimum atomic E-state index is -1.01. The van der Waals surface area contributed by atoms with Gasteiger partial charge in [0.05, 0.1) is 5.56 Å². The fourth-order valence-electron chi connectivity index (χ4n) is 3.63. The molecular formula is C22H21F2N5O3. The maximum Gasteiger partial charge on any atom is 0.260 e. The molecule has 3 aromatic rings. The topological polar surface area (TPSA) is 84.6 Å². The minimum Gasteiger partial charge on any atom is -0.484 e. The molecule has 1 saturated carbocycles. The van der Waals surface area contributed by atoms with E-state index in [2.05, 4.69) is 20.1 Å². The number of rotatable bonds is 6. The van der Waals surface area contributed by atoms with Crippen molar-refractivity contribution in [2.75, 3.05) is 37.7 Å². The Morgan fingerprint density at radius 2 is 1.91 bits per heavy atom. The standard InChI is InChI=1S/C22H21F2N5O3/c23-17-6-5-15(12-18(17)24)31-13-19(30)28-8-10-29(11-9-28)20-16(2-1-7-25-20)22-27-26-21(32-22)14-3-4-14/h1-2,5-7,12,14H,3-4,8-11,13H2. The maximum atomic E-state index is 13.3. The molecule has 0 radical (unpaired) electrons. The highest BCUT2D eigenvalue weighted by atomic mass is 19.2. The molecule has 32 heavy (non-hydrogen) atoms. The smallest absolute Gasteiger partial charge is 0.260 e. The van der Waals surface area contributed by atoms with Gasteiger partial charge in [0.25, 0.3) is 11.8 Å². The molecule has 1 aliphatic heterocycles. The third-order valence-corrected chi connectivity index (χ3v) is 5.57. The fraction of sp³-hybridized carbons (Fsp3) is 0.364. The van der Waals surface area contributed by atoms with Crippen LogP contribution in [0.15, 0.2) is 40.9 Å². The number of pyridine rings is 1. The zero-order valence-electron chi connectivity index (χ0n) is 17.2. The van der Waals surface area contributed by atoms with E-state index in [1.165, 1.54) is 6.07 Å². The molecule has 0 atom stereocenters. The van der Waals surface area contributed by atoms with Crippen LogP contribution in [-0.2, 0) is 4.79 Å². The second-order valence-electron chi connectivity index (χ2n) is 7.83. The van der Waals surface area contributed by atoms with Crippen molar-refractivity contribution in [3.05, 3.63) is 54.1 Å². The predicted octanol–water partition coefficient (Wildman–Crippen LogP) is 3.01. The van der Waals surface area contributed by atoms with E-state index in [1.807, 2.05) is 12.1 Å². The average molecular weight is 441 g/mol. The zero-order valence-corrected chi connectivity index (χ0v) is 17.2. The van der Waals surface area contributed by atoms with Crippen molar-refractivity contribution < 1.29 is 22.7 Å². The van der Waals surface area contributed by atoms with Crippen LogP contribution in [-0.4, -0.2) is 58.8 Å². The first kappa shape index (κ1) is 20.3. The molecule has 10 heteroatoms. The number of carbonyl (C=O) groups is 1. The van der Waals surface area contributed by atoms with Crippen LogP contribution in [0.5, 0.6) is 5.75 Å². The number of carbonyl (C=O) groups excluding carboxylic acids is 1. The number of benzene rings is 1. The average Bonchev–Trinajstić information content (AvgIpc) is 3.56. The predicted molar refractivity (Wildman–Crippen MR) is 110 cm³/mol. The van der Waals surface area contributed by atoms with Gasteiger partial charge in [-0.3, -0.25) is 4.79 Å². The molecule has 3 heterocycles. The summed E-state index contributed by atoms with van der Waals surface area (Å²) in [5, 5.41) is 8.35. The number of anilines is 1. The Morgan fingerprint density at radius 3 is 2.66 bits per heavy atom. The molecule has 8 nitrogen and oxygen atoms in total. The van der Waals surface area contributed by atoms with Gasteiger partial charge in [-0.1, -0.05) is 0 Å². The van der Waals surface area contributed by atoms with Crippen molar-refractivity contribution in [3.63, 3.8) is 0 Å². The highest BCUT2D eigenvalue weighted by molar-refractivity contribution is 5.78. The first-order valence-corrected chi connectivity index (χ1v) is 10.5. The van der Waals surface area contributed by atoms with Crippen molar-refractivity contribution >= 4 is 11.7 Å². The van der Waals surface area contributed by atoms with Crippen LogP contribution in [0.2, 0.25) is 0 Å². The van der Waals surface area contributed by atoms with Crippen molar-refractivity contribution in [3.8, 4) is 17.2 Å². The van der Waals surface area contributed by atoms with E-state index in [1.54, 1.807) is 11.1 Å². The van der Waals surface area contributed by atoms with E-state index in [9.17, 15) is 13.6 Å². The van der Waals surface area contributed by atoms with E-state index in [4.69, 9.17) is 9.15 Å². The van der Waals surface area contributed by atoms with Gasteiger partial charge in [-0.25, -0.2) is 13.8 Å². The fourth-order valence-corrected chi connectivity index (χ4v) is 3.63. The number of halogens is 2. The molecule has 1 amide bonds. The lowest BCUT2D eigenvalue weighted by Gasteiger charge is -2.35. The van der Waals surface area contributed by atoms with E-state index in [0.29, 0.717) is 43.9 Å². The van der Waals surface area contributed by atoms with Gasteiger partial charge >= 0.3 is 0 Å². The van der Waals surface area contributed by atoms with Crippen LogP contribution in [0.3, 0.4) is 0 Å².